The molecule has 16 heteroatoms. The van der Waals surface area contributed by atoms with Crippen LogP contribution in [0, 0.1) is 61.2 Å². The summed E-state index contributed by atoms with van der Waals surface area (Å²) in [5, 5.41) is 41.6. The number of carboxylic acid groups (broad SMARTS) is 1. The molecular formula is C32H50N2O14. The summed E-state index contributed by atoms with van der Waals surface area (Å²) in [6, 6.07) is -2.13. The van der Waals surface area contributed by atoms with Gasteiger partial charge in [0.2, 0.25) is 12.1 Å². The molecule has 0 amide bonds. The second-order valence-electron chi connectivity index (χ2n) is 14.3. The van der Waals surface area contributed by atoms with Crippen molar-refractivity contribution in [3.8, 4) is 0 Å². The maximum Gasteiger partial charge on any atom is 0.314 e. The van der Waals surface area contributed by atoms with E-state index in [1.54, 1.807) is 0 Å². The van der Waals surface area contributed by atoms with E-state index in [2.05, 4.69) is 4.89 Å². The van der Waals surface area contributed by atoms with Gasteiger partial charge >= 0.3 is 17.9 Å². The molecule has 0 aromatic rings. The van der Waals surface area contributed by atoms with Crippen LogP contribution in [0.5, 0.6) is 0 Å². The first kappa shape index (κ1) is 37.9. The predicted molar refractivity (Wildman–Crippen MR) is 164 cm³/mol. The SMILES string of the molecule is COC(=O)C(C)(C1CCC(OOCC2CCCC([N+](=O)[O-])C2COO)CC1)C1CCC(OC(=O)C2CCCC([N+](=O)[O-])C2C(=O)O)CC1. The van der Waals surface area contributed by atoms with Crippen LogP contribution in [0.2, 0.25) is 0 Å². The van der Waals surface area contributed by atoms with Gasteiger partial charge in [0.1, 0.15) is 12.0 Å². The van der Waals surface area contributed by atoms with Crippen LogP contribution >= 0.6 is 0 Å². The van der Waals surface area contributed by atoms with Crippen LogP contribution in [0.1, 0.15) is 96.8 Å². The monoisotopic (exact) mass is 686 g/mol. The largest absolute Gasteiger partial charge is 0.481 e. The number of methoxy groups -OCH3 is 1. The zero-order valence-corrected chi connectivity index (χ0v) is 27.8. The topological polar surface area (TPSA) is 224 Å². The average molecular weight is 687 g/mol. The number of hydrogen-bond donors (Lipinski definition) is 2. The van der Waals surface area contributed by atoms with E-state index < -0.39 is 58.2 Å². The summed E-state index contributed by atoms with van der Waals surface area (Å²) < 4.78 is 11.0. The van der Waals surface area contributed by atoms with Gasteiger partial charge in [-0.25, -0.2) is 14.7 Å². The number of carbonyl (C=O) groups excluding carboxylic acids is 2. The lowest BCUT2D eigenvalue weighted by atomic mass is 9.59. The Bertz CT molecular complexity index is 1140. The van der Waals surface area contributed by atoms with E-state index in [1.165, 1.54) is 7.11 Å². The lowest BCUT2D eigenvalue weighted by Crippen LogP contribution is -2.48. The first-order valence-electron chi connectivity index (χ1n) is 17.3. The first-order chi connectivity index (χ1) is 22.9. The molecule has 0 heterocycles. The molecule has 0 aromatic heterocycles. The van der Waals surface area contributed by atoms with Crippen molar-refractivity contribution in [3.05, 3.63) is 20.2 Å². The van der Waals surface area contributed by atoms with Gasteiger partial charge in [0.15, 0.2) is 0 Å². The molecule has 0 aliphatic heterocycles. The quantitative estimate of drug-likeness (QED) is 0.111. The molecule has 4 saturated carbocycles. The summed E-state index contributed by atoms with van der Waals surface area (Å²) in [5.41, 5.74) is -0.788. The number of nitrogens with zero attached hydrogens (tertiary/aromatic N) is 2. The Hall–Kier alpha value is -2.95. The average Bonchev–Trinajstić information content (AvgIpc) is 3.08. The standard InChI is InChI=1S/C32H50N2O14/c1-32(31(38)44-2,20-9-13-22(14-10-20)47-30(37)24-6-4-8-27(34(41)42)28(24)29(35)36)21-11-15-23(16-12-21)48-46-17-19-5-3-7-26(33(39)40)25(19)18-45-43/h19-28,43H,3-18H2,1-2H3,(H,35,36). The van der Waals surface area contributed by atoms with E-state index >= 15 is 0 Å². The van der Waals surface area contributed by atoms with E-state index in [4.69, 9.17) is 24.5 Å². The van der Waals surface area contributed by atoms with Gasteiger partial charge in [0.05, 0.1) is 43.7 Å². The van der Waals surface area contributed by atoms with Crippen LogP contribution in [-0.4, -0.2) is 82.7 Å². The van der Waals surface area contributed by atoms with Crippen molar-refractivity contribution in [1.29, 1.82) is 0 Å². The van der Waals surface area contributed by atoms with Gasteiger partial charge in [-0.15, -0.1) is 0 Å². The van der Waals surface area contributed by atoms with Crippen LogP contribution in [0.15, 0.2) is 0 Å². The molecule has 0 spiro atoms. The second-order valence-corrected chi connectivity index (χ2v) is 14.3. The van der Waals surface area contributed by atoms with E-state index in [0.29, 0.717) is 77.0 Å². The molecule has 4 fully saturated rings. The number of carbonyl (C=O) groups is 3. The van der Waals surface area contributed by atoms with Crippen LogP contribution < -0.4 is 0 Å². The van der Waals surface area contributed by atoms with E-state index in [1.807, 2.05) is 6.92 Å². The van der Waals surface area contributed by atoms with E-state index in [0.717, 1.165) is 0 Å². The maximum absolute atomic E-state index is 13.3. The Labute approximate surface area is 279 Å². The zero-order chi connectivity index (χ0) is 35.0. The van der Waals surface area contributed by atoms with Crippen molar-refractivity contribution in [1.82, 2.24) is 0 Å². The lowest BCUT2D eigenvalue weighted by Gasteiger charge is -2.46. The molecule has 272 valence electrons. The number of ether oxygens (including phenoxy) is 2. The smallest absolute Gasteiger partial charge is 0.314 e. The number of esters is 2. The van der Waals surface area contributed by atoms with Crippen molar-refractivity contribution in [2.24, 2.45) is 40.9 Å². The highest BCUT2D eigenvalue weighted by atomic mass is 17.2. The van der Waals surface area contributed by atoms with Crippen molar-refractivity contribution in [2.45, 2.75) is 121 Å². The molecule has 0 radical (unpaired) electrons. The fraction of sp³-hybridized carbons (Fsp3) is 0.906. The summed E-state index contributed by atoms with van der Waals surface area (Å²) in [4.78, 5) is 75.9. The van der Waals surface area contributed by atoms with Crippen molar-refractivity contribution in [3.63, 3.8) is 0 Å². The summed E-state index contributed by atoms with van der Waals surface area (Å²) in [5.74, 6) is -5.54. The molecule has 2 N–H and O–H groups in total. The highest BCUT2D eigenvalue weighted by Crippen LogP contribution is 2.50. The number of carboxylic acids is 1. The van der Waals surface area contributed by atoms with Gasteiger partial charge in [-0.2, -0.15) is 0 Å². The van der Waals surface area contributed by atoms with Gasteiger partial charge in [0.25, 0.3) is 0 Å². The van der Waals surface area contributed by atoms with Crippen molar-refractivity contribution < 1.29 is 58.7 Å². The molecule has 7 unspecified atom stereocenters. The van der Waals surface area contributed by atoms with Crippen molar-refractivity contribution >= 4 is 17.9 Å². The van der Waals surface area contributed by atoms with Gasteiger partial charge in [-0.1, -0.05) is 0 Å². The number of hydrogen-bond acceptors (Lipinski definition) is 13. The van der Waals surface area contributed by atoms with Crippen LogP contribution in [0.4, 0.5) is 0 Å². The predicted octanol–water partition coefficient (Wildman–Crippen LogP) is 4.47. The minimum atomic E-state index is -1.42. The third kappa shape index (κ3) is 8.61. The Morgan fingerprint density at radius 3 is 1.90 bits per heavy atom. The molecule has 48 heavy (non-hydrogen) atoms. The Kier molecular flexibility index (Phi) is 13.5. The Morgan fingerprint density at radius 1 is 0.792 bits per heavy atom. The zero-order valence-electron chi connectivity index (χ0n) is 27.8. The van der Waals surface area contributed by atoms with Gasteiger partial charge in [0, 0.05) is 22.7 Å². The third-order valence-electron chi connectivity index (χ3n) is 11.9. The molecule has 7 atom stereocenters. The number of rotatable bonds is 14. The molecule has 0 aromatic carbocycles. The Morgan fingerprint density at radius 2 is 1.35 bits per heavy atom. The summed E-state index contributed by atoms with van der Waals surface area (Å²) in [6.45, 7) is 1.95. The fourth-order valence-corrected chi connectivity index (χ4v) is 9.05. The molecule has 0 saturated heterocycles. The highest BCUT2D eigenvalue weighted by molar-refractivity contribution is 5.82. The second kappa shape index (κ2) is 17.1. The molecule has 0 bridgehead atoms. The highest BCUT2D eigenvalue weighted by Gasteiger charge is 2.52. The fourth-order valence-electron chi connectivity index (χ4n) is 9.05. The van der Waals surface area contributed by atoms with Gasteiger partial charge < -0.3 is 14.6 Å². The third-order valence-corrected chi connectivity index (χ3v) is 11.9. The maximum atomic E-state index is 13.3. The Balaban J connectivity index is 1.28. The van der Waals surface area contributed by atoms with E-state index in [9.17, 15) is 39.7 Å². The van der Waals surface area contributed by atoms with Crippen LogP contribution in [-0.2, 0) is 38.5 Å². The van der Waals surface area contributed by atoms with Gasteiger partial charge in [-0.05, 0) is 102 Å². The molecule has 4 rings (SSSR count). The minimum Gasteiger partial charge on any atom is -0.481 e. The van der Waals surface area contributed by atoms with Gasteiger partial charge in [-0.3, -0.25) is 39.9 Å². The molecular weight excluding hydrogens is 636 g/mol. The normalized spacial score (nSPS) is 35.5. The van der Waals surface area contributed by atoms with Crippen LogP contribution in [0.25, 0.3) is 0 Å². The summed E-state index contributed by atoms with van der Waals surface area (Å²) >= 11 is 0. The van der Waals surface area contributed by atoms with E-state index in [-0.39, 0.29) is 60.8 Å². The molecule has 4 aliphatic rings. The first-order valence-corrected chi connectivity index (χ1v) is 17.3. The van der Waals surface area contributed by atoms with Crippen LogP contribution in [0.3, 0.4) is 0 Å². The lowest BCUT2D eigenvalue weighted by molar-refractivity contribution is -0.541. The summed E-state index contributed by atoms with van der Waals surface area (Å²) in [7, 11) is 1.38. The summed E-state index contributed by atoms with van der Waals surface area (Å²) in [6.07, 6.45) is 6.71. The number of nitro groups is 2. The number of aliphatic carboxylic acids is 1. The van der Waals surface area contributed by atoms with Crippen molar-refractivity contribution in [2.75, 3.05) is 20.3 Å². The molecule has 16 nitrogen and oxygen atoms in total. The minimum absolute atomic E-state index is 0.0109. The molecule has 4 aliphatic carbocycles.